The fourth-order valence-corrected chi connectivity index (χ4v) is 3.62. The first kappa shape index (κ1) is 22.2. The Morgan fingerprint density at radius 1 is 1.03 bits per heavy atom. The maximum Gasteiger partial charge on any atom is 0.260 e. The van der Waals surface area contributed by atoms with Crippen molar-refractivity contribution in [2.75, 3.05) is 19.0 Å². The van der Waals surface area contributed by atoms with Gasteiger partial charge in [0, 0.05) is 16.6 Å². The third-order valence-corrected chi connectivity index (χ3v) is 5.58. The number of nitrogens with one attached hydrogen (secondary N) is 1. The van der Waals surface area contributed by atoms with E-state index in [1.54, 1.807) is 7.11 Å². The number of hydrogen-bond acceptors (Lipinski definition) is 4. The fraction of sp³-hybridized carbons (Fsp3) is 0.179. The molecule has 0 saturated carbocycles. The van der Waals surface area contributed by atoms with Crippen molar-refractivity contribution in [3.8, 4) is 22.8 Å². The summed E-state index contributed by atoms with van der Waals surface area (Å²) in [6.45, 7) is 10.2. The normalized spacial score (nSPS) is 10.8. The number of carbonyl (C=O) groups is 1. The standard InChI is InChI=1S/C28H27NO4/c1-17(2)16-32-22-13-14-25-23(15-22)26(27(33-25)20-9-11-21(31-5)12-10-20)28(30)29-24-8-6-7-18(3)19(24)4/h6-15H,1,16H2,2-5H3,(H,29,30). The summed E-state index contributed by atoms with van der Waals surface area (Å²) in [6.07, 6.45) is 0. The molecule has 4 aromatic rings. The highest BCUT2D eigenvalue weighted by Crippen LogP contribution is 2.37. The minimum Gasteiger partial charge on any atom is -0.497 e. The molecular formula is C28H27NO4. The van der Waals surface area contributed by atoms with Gasteiger partial charge in [0.1, 0.15) is 29.4 Å². The van der Waals surface area contributed by atoms with E-state index in [-0.39, 0.29) is 5.91 Å². The Morgan fingerprint density at radius 2 is 1.76 bits per heavy atom. The number of rotatable bonds is 7. The van der Waals surface area contributed by atoms with Crippen molar-refractivity contribution in [1.82, 2.24) is 0 Å². The van der Waals surface area contributed by atoms with Crippen molar-refractivity contribution < 1.29 is 18.7 Å². The van der Waals surface area contributed by atoms with E-state index in [1.807, 2.05) is 81.4 Å². The van der Waals surface area contributed by atoms with Gasteiger partial charge in [-0.25, -0.2) is 0 Å². The van der Waals surface area contributed by atoms with Crippen LogP contribution < -0.4 is 14.8 Å². The summed E-state index contributed by atoms with van der Waals surface area (Å²) in [5.41, 5.74) is 5.65. The molecule has 5 nitrogen and oxygen atoms in total. The summed E-state index contributed by atoms with van der Waals surface area (Å²) in [5, 5.41) is 3.75. The number of amides is 1. The molecule has 0 radical (unpaired) electrons. The number of furan rings is 1. The lowest BCUT2D eigenvalue weighted by Crippen LogP contribution is -2.13. The smallest absolute Gasteiger partial charge is 0.260 e. The number of aryl methyl sites for hydroxylation is 1. The molecule has 0 aliphatic heterocycles. The third-order valence-electron chi connectivity index (χ3n) is 5.58. The molecule has 0 atom stereocenters. The molecule has 1 heterocycles. The van der Waals surface area contributed by atoms with Gasteiger partial charge in [-0.05, 0) is 86.0 Å². The number of benzene rings is 3. The Kier molecular flexibility index (Phi) is 6.22. The molecular weight excluding hydrogens is 414 g/mol. The van der Waals surface area contributed by atoms with Crippen LogP contribution in [-0.2, 0) is 0 Å². The van der Waals surface area contributed by atoms with Gasteiger partial charge in [0.2, 0.25) is 0 Å². The van der Waals surface area contributed by atoms with E-state index in [4.69, 9.17) is 13.9 Å². The minimum atomic E-state index is -0.245. The zero-order valence-corrected chi connectivity index (χ0v) is 19.3. The highest BCUT2D eigenvalue weighted by molar-refractivity contribution is 6.16. The van der Waals surface area contributed by atoms with Crippen LogP contribution in [0.15, 0.2) is 77.2 Å². The molecule has 0 spiro atoms. The van der Waals surface area contributed by atoms with Crippen LogP contribution in [0.3, 0.4) is 0 Å². The number of ether oxygens (including phenoxy) is 2. The molecule has 0 saturated heterocycles. The molecule has 0 aliphatic carbocycles. The number of methoxy groups -OCH3 is 1. The van der Waals surface area contributed by atoms with Gasteiger partial charge in [-0.3, -0.25) is 4.79 Å². The second-order valence-electron chi connectivity index (χ2n) is 8.14. The molecule has 0 unspecified atom stereocenters. The van der Waals surface area contributed by atoms with Crippen LogP contribution in [0.1, 0.15) is 28.4 Å². The van der Waals surface area contributed by atoms with Crippen LogP contribution in [0.5, 0.6) is 11.5 Å². The first-order valence-corrected chi connectivity index (χ1v) is 10.7. The van der Waals surface area contributed by atoms with Gasteiger partial charge in [0.15, 0.2) is 0 Å². The molecule has 1 amide bonds. The lowest BCUT2D eigenvalue weighted by molar-refractivity contribution is 0.102. The van der Waals surface area contributed by atoms with Crippen molar-refractivity contribution in [1.29, 1.82) is 0 Å². The van der Waals surface area contributed by atoms with E-state index >= 15 is 0 Å². The van der Waals surface area contributed by atoms with Gasteiger partial charge in [0.05, 0.1) is 12.7 Å². The SMILES string of the molecule is C=C(C)COc1ccc2oc(-c3ccc(OC)cc3)c(C(=O)Nc3cccc(C)c3C)c2c1. The van der Waals surface area contributed by atoms with Crippen molar-refractivity contribution in [3.05, 3.63) is 89.5 Å². The van der Waals surface area contributed by atoms with E-state index in [1.165, 1.54) is 0 Å². The number of fused-ring (bicyclic) bond motifs is 1. The zero-order chi connectivity index (χ0) is 23.5. The maximum absolute atomic E-state index is 13.6. The van der Waals surface area contributed by atoms with Crippen molar-refractivity contribution in [2.24, 2.45) is 0 Å². The van der Waals surface area contributed by atoms with E-state index in [2.05, 4.69) is 11.9 Å². The lowest BCUT2D eigenvalue weighted by Gasteiger charge is -2.11. The Morgan fingerprint density at radius 3 is 2.45 bits per heavy atom. The van der Waals surface area contributed by atoms with Crippen LogP contribution in [0.4, 0.5) is 5.69 Å². The van der Waals surface area contributed by atoms with E-state index in [9.17, 15) is 4.79 Å². The summed E-state index contributed by atoms with van der Waals surface area (Å²) in [5.74, 6) is 1.62. The largest absolute Gasteiger partial charge is 0.497 e. The van der Waals surface area contributed by atoms with Crippen LogP contribution in [-0.4, -0.2) is 19.6 Å². The number of hydrogen-bond donors (Lipinski definition) is 1. The Hall–Kier alpha value is -3.99. The Labute approximate surface area is 193 Å². The second kappa shape index (κ2) is 9.25. The minimum absolute atomic E-state index is 0.245. The van der Waals surface area contributed by atoms with E-state index in [0.717, 1.165) is 33.7 Å². The molecule has 168 valence electrons. The van der Waals surface area contributed by atoms with Gasteiger partial charge in [0.25, 0.3) is 5.91 Å². The third kappa shape index (κ3) is 4.62. The highest BCUT2D eigenvalue weighted by atomic mass is 16.5. The van der Waals surface area contributed by atoms with E-state index in [0.29, 0.717) is 34.6 Å². The fourth-order valence-electron chi connectivity index (χ4n) is 3.62. The summed E-state index contributed by atoms with van der Waals surface area (Å²) in [6, 6.07) is 18.8. The van der Waals surface area contributed by atoms with Crippen molar-refractivity contribution in [3.63, 3.8) is 0 Å². The number of carbonyl (C=O) groups excluding carboxylic acids is 1. The molecule has 1 N–H and O–H groups in total. The topological polar surface area (TPSA) is 60.7 Å². The predicted octanol–water partition coefficient (Wildman–Crippen LogP) is 6.93. The predicted molar refractivity (Wildman–Crippen MR) is 132 cm³/mol. The van der Waals surface area contributed by atoms with Crippen LogP contribution in [0.2, 0.25) is 0 Å². The van der Waals surface area contributed by atoms with Gasteiger partial charge >= 0.3 is 0 Å². The average molecular weight is 442 g/mol. The van der Waals surface area contributed by atoms with Crippen molar-refractivity contribution >= 4 is 22.6 Å². The molecule has 3 aromatic carbocycles. The monoisotopic (exact) mass is 441 g/mol. The Bertz CT molecular complexity index is 1330. The van der Waals surface area contributed by atoms with Crippen LogP contribution in [0, 0.1) is 13.8 Å². The molecule has 0 aliphatic rings. The lowest BCUT2D eigenvalue weighted by atomic mass is 10.0. The summed E-state index contributed by atoms with van der Waals surface area (Å²) in [4.78, 5) is 13.6. The van der Waals surface area contributed by atoms with Crippen LogP contribution in [0.25, 0.3) is 22.3 Å². The first-order chi connectivity index (χ1) is 15.9. The maximum atomic E-state index is 13.6. The second-order valence-corrected chi connectivity index (χ2v) is 8.14. The average Bonchev–Trinajstić information content (AvgIpc) is 3.19. The summed E-state index contributed by atoms with van der Waals surface area (Å²) in [7, 11) is 1.62. The molecule has 0 bridgehead atoms. The summed E-state index contributed by atoms with van der Waals surface area (Å²) < 4.78 is 17.3. The number of anilines is 1. The molecule has 33 heavy (non-hydrogen) atoms. The molecule has 5 heteroatoms. The molecule has 1 aromatic heterocycles. The molecule has 4 rings (SSSR count). The Balaban J connectivity index is 1.83. The van der Waals surface area contributed by atoms with Gasteiger partial charge < -0.3 is 19.2 Å². The first-order valence-electron chi connectivity index (χ1n) is 10.7. The zero-order valence-electron chi connectivity index (χ0n) is 19.3. The van der Waals surface area contributed by atoms with E-state index < -0.39 is 0 Å². The highest BCUT2D eigenvalue weighted by Gasteiger charge is 2.23. The summed E-state index contributed by atoms with van der Waals surface area (Å²) >= 11 is 0. The van der Waals surface area contributed by atoms with Gasteiger partial charge in [-0.15, -0.1) is 0 Å². The van der Waals surface area contributed by atoms with Crippen molar-refractivity contribution in [2.45, 2.75) is 20.8 Å². The molecule has 0 fully saturated rings. The van der Waals surface area contributed by atoms with Gasteiger partial charge in [-0.1, -0.05) is 18.7 Å². The van der Waals surface area contributed by atoms with Crippen LogP contribution >= 0.6 is 0 Å². The quantitative estimate of drug-likeness (QED) is 0.316. The van der Waals surface area contributed by atoms with Gasteiger partial charge in [-0.2, -0.15) is 0 Å².